The lowest BCUT2D eigenvalue weighted by Gasteiger charge is -2.53. The molecule has 0 aliphatic carbocycles. The van der Waals surface area contributed by atoms with E-state index in [1.165, 1.54) is 0 Å². The Balaban J connectivity index is 1.46. The van der Waals surface area contributed by atoms with Gasteiger partial charge in [-0.1, -0.05) is 107 Å². The summed E-state index contributed by atoms with van der Waals surface area (Å²) in [7, 11) is 2.14. The number of hydrogen-bond acceptors (Lipinski definition) is 7. The van der Waals surface area contributed by atoms with Gasteiger partial charge in [-0.3, -0.25) is 24.1 Å². The van der Waals surface area contributed by atoms with Gasteiger partial charge in [0.15, 0.2) is 11.6 Å². The number of amides is 3. The van der Waals surface area contributed by atoms with Crippen molar-refractivity contribution in [1.29, 1.82) is 0 Å². The van der Waals surface area contributed by atoms with Crippen LogP contribution in [0.2, 0.25) is 0 Å². The first-order valence-electron chi connectivity index (χ1n) is 23.3. The number of carbonyl (C=O) groups is 5. The van der Waals surface area contributed by atoms with Crippen LogP contribution in [-0.4, -0.2) is 82.6 Å². The molecule has 0 unspecified atom stereocenters. The van der Waals surface area contributed by atoms with Gasteiger partial charge in [-0.25, -0.2) is 4.79 Å². The average Bonchev–Trinajstić information content (AvgIpc) is 3.71. The van der Waals surface area contributed by atoms with Crippen molar-refractivity contribution in [1.82, 2.24) is 20.4 Å². The molecule has 0 aromatic heterocycles. The highest BCUT2D eigenvalue weighted by Gasteiger charge is 2.44. The van der Waals surface area contributed by atoms with E-state index in [-0.39, 0.29) is 65.9 Å². The Bertz CT molecular complexity index is 1770. The van der Waals surface area contributed by atoms with Gasteiger partial charge in [0.2, 0.25) is 11.8 Å². The Labute approximate surface area is 373 Å². The second-order valence-electron chi connectivity index (χ2n) is 20.3. The van der Waals surface area contributed by atoms with E-state index in [4.69, 9.17) is 4.74 Å². The number of carbonyl (C=O) groups excluding carboxylic acids is 5. The third kappa shape index (κ3) is 15.2. The monoisotopic (exact) mass is 855 g/mol. The van der Waals surface area contributed by atoms with E-state index in [9.17, 15) is 24.0 Å². The van der Waals surface area contributed by atoms with Crippen molar-refractivity contribution < 1.29 is 28.7 Å². The standard InChI is InChI=1S/C52H78N4O6/c1-36(2)29-38(5)25-26-42(30-39-19-13-11-14-20-39)49(60)56-28-18-24-45(56)47(58)32-43(37(3)4)48(59)54-44(23-17-27-53-50(61)62-35-40-21-15-12-16-22-40)46(57)31-41-33-51(6,7)55(10)52(8,9)34-41/h11-16,19-22,25-26,36-38,41-45H,17-18,23-24,27-35H2,1-10H3,(H,53,61)(H,54,59)/b26-25+/t38-,42-,43+,44+,45+/m1/s1. The zero-order valence-electron chi connectivity index (χ0n) is 39.6. The summed E-state index contributed by atoms with van der Waals surface area (Å²) in [6, 6.07) is 18.1. The van der Waals surface area contributed by atoms with Crippen LogP contribution in [0.15, 0.2) is 72.8 Å². The van der Waals surface area contributed by atoms with Crippen LogP contribution in [0.3, 0.4) is 0 Å². The molecule has 0 spiro atoms. The highest BCUT2D eigenvalue weighted by molar-refractivity contribution is 5.95. The number of Topliss-reactive ketones (excluding diaryl/α,β-unsaturated/α-hetero) is 2. The SMILES string of the molecule is CC(C)C[C@H](C)/C=C/[C@H](Cc1ccccc1)C(=O)N1CCC[C@H]1C(=O)C[C@H](C(=O)N[C@@H](CCCNC(=O)OCc1ccccc1)C(=O)CC1CC(C)(C)N(C)C(C)(C)C1)C(C)C. The van der Waals surface area contributed by atoms with Crippen molar-refractivity contribution in [3.8, 4) is 0 Å². The van der Waals surface area contributed by atoms with Crippen molar-refractivity contribution in [3.05, 3.63) is 83.9 Å². The Morgan fingerprint density at radius 2 is 1.47 bits per heavy atom. The second-order valence-corrected chi connectivity index (χ2v) is 20.3. The van der Waals surface area contributed by atoms with E-state index in [2.05, 4.69) is 77.1 Å². The molecule has 4 rings (SSSR count). The minimum atomic E-state index is -0.778. The number of nitrogens with zero attached hydrogens (tertiary/aromatic N) is 2. The molecule has 10 nitrogen and oxygen atoms in total. The summed E-state index contributed by atoms with van der Waals surface area (Å²) in [4.78, 5) is 73.9. The maximum Gasteiger partial charge on any atom is 0.407 e. The molecular formula is C52H78N4O6. The van der Waals surface area contributed by atoms with Crippen molar-refractivity contribution in [2.75, 3.05) is 20.1 Å². The smallest absolute Gasteiger partial charge is 0.407 e. The fraction of sp³-hybridized carbons (Fsp3) is 0.635. The molecule has 3 amide bonds. The topological polar surface area (TPSA) is 125 Å². The summed E-state index contributed by atoms with van der Waals surface area (Å²) in [5, 5.41) is 5.89. The van der Waals surface area contributed by atoms with E-state index in [0.29, 0.717) is 50.5 Å². The number of nitrogens with one attached hydrogen (secondary N) is 2. The van der Waals surface area contributed by atoms with Crippen LogP contribution in [0.4, 0.5) is 4.79 Å². The van der Waals surface area contributed by atoms with Crippen molar-refractivity contribution in [3.63, 3.8) is 0 Å². The van der Waals surface area contributed by atoms with Crippen LogP contribution in [0.5, 0.6) is 0 Å². The van der Waals surface area contributed by atoms with Gasteiger partial charge in [-0.2, -0.15) is 0 Å². The molecule has 342 valence electrons. The fourth-order valence-corrected chi connectivity index (χ4v) is 9.83. The lowest BCUT2D eigenvalue weighted by atomic mass is 9.72. The van der Waals surface area contributed by atoms with Crippen LogP contribution >= 0.6 is 0 Å². The number of hydrogen-bond donors (Lipinski definition) is 2. The molecule has 2 aromatic carbocycles. The molecule has 5 atom stereocenters. The number of likely N-dealkylation sites (tertiary alicyclic amines) is 2. The van der Waals surface area contributed by atoms with Gasteiger partial charge >= 0.3 is 6.09 Å². The van der Waals surface area contributed by atoms with Gasteiger partial charge < -0.3 is 20.3 Å². The summed E-state index contributed by atoms with van der Waals surface area (Å²) in [6.45, 7) is 20.2. The molecule has 2 aromatic rings. The summed E-state index contributed by atoms with van der Waals surface area (Å²) in [5.74, 6) is -0.803. The highest BCUT2D eigenvalue weighted by Crippen LogP contribution is 2.41. The lowest BCUT2D eigenvalue weighted by molar-refractivity contribution is -0.141. The second kappa shape index (κ2) is 23.4. The summed E-state index contributed by atoms with van der Waals surface area (Å²) < 4.78 is 5.38. The van der Waals surface area contributed by atoms with Crippen LogP contribution in [0, 0.1) is 35.5 Å². The number of allylic oxidation sites excluding steroid dienone is 1. The minimum absolute atomic E-state index is 0.0182. The molecule has 10 heteroatoms. The Morgan fingerprint density at radius 1 is 0.855 bits per heavy atom. The number of piperidine rings is 1. The largest absolute Gasteiger partial charge is 0.445 e. The molecule has 2 heterocycles. The van der Waals surface area contributed by atoms with Crippen molar-refractivity contribution >= 4 is 29.5 Å². The van der Waals surface area contributed by atoms with Gasteiger partial charge in [0.05, 0.1) is 18.0 Å². The van der Waals surface area contributed by atoms with Crippen LogP contribution in [0.1, 0.15) is 131 Å². The predicted molar refractivity (Wildman–Crippen MR) is 248 cm³/mol. The maximum absolute atomic E-state index is 14.4. The number of rotatable bonds is 22. The number of benzene rings is 2. The Hall–Kier alpha value is -4.31. The molecule has 2 saturated heterocycles. The summed E-state index contributed by atoms with van der Waals surface area (Å²) in [6.07, 6.45) is 9.30. The quantitative estimate of drug-likeness (QED) is 0.0894. The van der Waals surface area contributed by atoms with Gasteiger partial charge in [-0.05, 0) is 121 Å². The fourth-order valence-electron chi connectivity index (χ4n) is 9.83. The third-order valence-corrected chi connectivity index (χ3v) is 13.3. The zero-order chi connectivity index (χ0) is 45.6. The van der Waals surface area contributed by atoms with E-state index in [1.54, 1.807) is 4.90 Å². The van der Waals surface area contributed by atoms with E-state index < -0.39 is 30.0 Å². The van der Waals surface area contributed by atoms with E-state index in [1.807, 2.05) is 80.6 Å². The average molecular weight is 855 g/mol. The van der Waals surface area contributed by atoms with E-state index >= 15 is 0 Å². The molecule has 2 aliphatic heterocycles. The molecule has 0 radical (unpaired) electrons. The molecule has 2 aliphatic rings. The first-order valence-corrected chi connectivity index (χ1v) is 23.3. The maximum atomic E-state index is 14.4. The van der Waals surface area contributed by atoms with Crippen LogP contribution < -0.4 is 10.6 Å². The first kappa shape index (κ1) is 50.3. The van der Waals surface area contributed by atoms with Crippen molar-refractivity contribution in [2.24, 2.45) is 35.5 Å². The van der Waals surface area contributed by atoms with Crippen LogP contribution in [-0.2, 0) is 36.9 Å². The molecule has 0 bridgehead atoms. The lowest BCUT2D eigenvalue weighted by Crippen LogP contribution is -2.59. The number of ketones is 2. The summed E-state index contributed by atoms with van der Waals surface area (Å²) >= 11 is 0. The van der Waals surface area contributed by atoms with Gasteiger partial charge in [-0.15, -0.1) is 0 Å². The Kier molecular flexibility index (Phi) is 19.0. The Morgan fingerprint density at radius 3 is 2.06 bits per heavy atom. The van der Waals surface area contributed by atoms with Crippen molar-refractivity contribution in [2.45, 2.75) is 156 Å². The predicted octanol–water partition coefficient (Wildman–Crippen LogP) is 9.36. The van der Waals surface area contributed by atoms with Gasteiger partial charge in [0, 0.05) is 42.9 Å². The molecule has 62 heavy (non-hydrogen) atoms. The summed E-state index contributed by atoms with van der Waals surface area (Å²) in [5.41, 5.74) is 1.75. The minimum Gasteiger partial charge on any atom is -0.445 e. The number of ether oxygens (including phenoxy) is 1. The van der Waals surface area contributed by atoms with E-state index in [0.717, 1.165) is 36.8 Å². The van der Waals surface area contributed by atoms with Gasteiger partial charge in [0.1, 0.15) is 6.61 Å². The normalized spacial score (nSPS) is 19.9. The molecule has 2 fully saturated rings. The van der Waals surface area contributed by atoms with Gasteiger partial charge in [0.25, 0.3) is 0 Å². The number of alkyl carbamates (subject to hydrolysis) is 1. The molecule has 2 N–H and O–H groups in total. The molecular weight excluding hydrogens is 777 g/mol. The first-order chi connectivity index (χ1) is 29.3. The van der Waals surface area contributed by atoms with Crippen LogP contribution in [0.25, 0.3) is 0 Å². The molecule has 0 saturated carbocycles. The highest BCUT2D eigenvalue weighted by atomic mass is 16.5. The zero-order valence-corrected chi connectivity index (χ0v) is 39.6. The third-order valence-electron chi connectivity index (χ3n) is 13.3.